The van der Waals surface area contributed by atoms with E-state index in [4.69, 9.17) is 16.3 Å². The standard InChI is InChI=1S/C23H18ClN5O2/c1-14-25-23-26-19-10-11-28(13-16-6-3-4-9-18(16)24)22(30)20(19)21(29(23)27-14)15-7-5-8-17(12-15)31-2/h3-12H,13H2,1-2H3. The molecule has 0 bridgehead atoms. The number of hydrogen-bond acceptors (Lipinski definition) is 5. The van der Waals surface area contributed by atoms with Crippen molar-refractivity contribution in [2.45, 2.75) is 13.5 Å². The molecule has 5 aromatic rings. The number of hydrogen-bond donors (Lipinski definition) is 0. The normalized spacial score (nSPS) is 11.3. The first-order chi connectivity index (χ1) is 15.0. The monoisotopic (exact) mass is 431 g/mol. The molecule has 154 valence electrons. The van der Waals surface area contributed by atoms with E-state index in [0.29, 0.717) is 45.5 Å². The van der Waals surface area contributed by atoms with E-state index < -0.39 is 0 Å². The summed E-state index contributed by atoms with van der Waals surface area (Å²) in [5.74, 6) is 1.69. The minimum absolute atomic E-state index is 0.183. The summed E-state index contributed by atoms with van der Waals surface area (Å²) < 4.78 is 8.64. The zero-order valence-corrected chi connectivity index (χ0v) is 17.7. The van der Waals surface area contributed by atoms with Gasteiger partial charge in [-0.1, -0.05) is 41.9 Å². The lowest BCUT2D eigenvalue weighted by Crippen LogP contribution is -2.22. The average molecular weight is 432 g/mol. The summed E-state index contributed by atoms with van der Waals surface area (Å²) >= 11 is 6.32. The number of nitrogens with zero attached hydrogens (tertiary/aromatic N) is 5. The van der Waals surface area contributed by atoms with Crippen LogP contribution in [0.3, 0.4) is 0 Å². The lowest BCUT2D eigenvalue weighted by molar-refractivity contribution is 0.415. The third-order valence-corrected chi connectivity index (χ3v) is 5.52. The molecule has 3 heterocycles. The van der Waals surface area contributed by atoms with Gasteiger partial charge in [0.1, 0.15) is 11.6 Å². The zero-order chi connectivity index (χ0) is 21.5. The van der Waals surface area contributed by atoms with Gasteiger partial charge in [-0.15, -0.1) is 5.10 Å². The van der Waals surface area contributed by atoms with Crippen LogP contribution in [0.25, 0.3) is 27.9 Å². The number of aryl methyl sites for hydroxylation is 1. The number of ether oxygens (including phenoxy) is 1. The van der Waals surface area contributed by atoms with Gasteiger partial charge < -0.3 is 9.30 Å². The Morgan fingerprint density at radius 2 is 1.90 bits per heavy atom. The topological polar surface area (TPSA) is 74.3 Å². The molecule has 5 rings (SSSR count). The minimum atomic E-state index is -0.183. The molecule has 0 amide bonds. The summed E-state index contributed by atoms with van der Waals surface area (Å²) in [6.45, 7) is 2.14. The summed E-state index contributed by atoms with van der Waals surface area (Å²) in [4.78, 5) is 22.6. The van der Waals surface area contributed by atoms with Gasteiger partial charge >= 0.3 is 0 Å². The molecular weight excluding hydrogens is 414 g/mol. The van der Waals surface area contributed by atoms with E-state index in [2.05, 4.69) is 15.1 Å². The molecule has 0 N–H and O–H groups in total. The maximum atomic E-state index is 13.6. The van der Waals surface area contributed by atoms with E-state index in [1.165, 1.54) is 0 Å². The number of rotatable bonds is 4. The van der Waals surface area contributed by atoms with E-state index >= 15 is 0 Å². The summed E-state index contributed by atoms with van der Waals surface area (Å²) in [6, 6.07) is 16.8. The van der Waals surface area contributed by atoms with E-state index in [9.17, 15) is 4.79 Å². The lowest BCUT2D eigenvalue weighted by atomic mass is 10.1. The van der Waals surface area contributed by atoms with Gasteiger partial charge in [0.25, 0.3) is 11.3 Å². The van der Waals surface area contributed by atoms with Gasteiger partial charge in [0.2, 0.25) is 0 Å². The molecule has 0 aliphatic carbocycles. The van der Waals surface area contributed by atoms with Crippen LogP contribution in [0.1, 0.15) is 11.4 Å². The van der Waals surface area contributed by atoms with Crippen molar-refractivity contribution in [3.8, 4) is 17.0 Å². The van der Waals surface area contributed by atoms with Crippen LogP contribution in [0.5, 0.6) is 5.75 Å². The molecule has 0 saturated heterocycles. The number of methoxy groups -OCH3 is 1. The van der Waals surface area contributed by atoms with Crippen molar-refractivity contribution in [2.75, 3.05) is 7.11 Å². The van der Waals surface area contributed by atoms with Gasteiger partial charge in [-0.3, -0.25) is 4.79 Å². The molecular formula is C23H18ClN5O2. The molecule has 0 atom stereocenters. The van der Waals surface area contributed by atoms with Gasteiger partial charge in [0.15, 0.2) is 0 Å². The Morgan fingerprint density at radius 3 is 2.71 bits per heavy atom. The second-order valence-electron chi connectivity index (χ2n) is 7.16. The van der Waals surface area contributed by atoms with Crippen LogP contribution >= 0.6 is 11.6 Å². The van der Waals surface area contributed by atoms with Crippen LogP contribution in [0, 0.1) is 6.92 Å². The third-order valence-electron chi connectivity index (χ3n) is 5.15. The molecule has 0 unspecified atom stereocenters. The van der Waals surface area contributed by atoms with E-state index in [0.717, 1.165) is 11.1 Å². The van der Waals surface area contributed by atoms with Crippen molar-refractivity contribution in [3.63, 3.8) is 0 Å². The number of aromatic nitrogens is 5. The first-order valence-electron chi connectivity index (χ1n) is 9.69. The maximum Gasteiger partial charge on any atom is 0.262 e. The smallest absolute Gasteiger partial charge is 0.262 e. The molecule has 0 saturated carbocycles. The lowest BCUT2D eigenvalue weighted by Gasteiger charge is -2.12. The first-order valence-corrected chi connectivity index (χ1v) is 10.1. The SMILES string of the molecule is COc1cccc(-c2c3c(=O)n(Cc4ccccc4Cl)ccc3nc3nc(C)nn23)c1. The second-order valence-corrected chi connectivity index (χ2v) is 7.57. The Hall–Kier alpha value is -3.71. The van der Waals surface area contributed by atoms with Crippen molar-refractivity contribution in [3.05, 3.63) is 87.6 Å². The van der Waals surface area contributed by atoms with Crippen LogP contribution in [-0.4, -0.2) is 31.3 Å². The Balaban J connectivity index is 1.82. The molecule has 2 aromatic carbocycles. The highest BCUT2D eigenvalue weighted by molar-refractivity contribution is 6.31. The van der Waals surface area contributed by atoms with Crippen molar-refractivity contribution in [2.24, 2.45) is 0 Å². The predicted molar refractivity (Wildman–Crippen MR) is 120 cm³/mol. The number of benzene rings is 2. The molecule has 7 nitrogen and oxygen atoms in total. The number of halogens is 1. The fourth-order valence-corrected chi connectivity index (χ4v) is 3.89. The Morgan fingerprint density at radius 1 is 1.06 bits per heavy atom. The molecule has 3 aromatic heterocycles. The second kappa shape index (κ2) is 7.52. The van der Waals surface area contributed by atoms with E-state index in [1.807, 2.05) is 54.6 Å². The summed E-state index contributed by atoms with van der Waals surface area (Å²) in [5.41, 5.74) is 2.64. The zero-order valence-electron chi connectivity index (χ0n) is 16.9. The highest BCUT2D eigenvalue weighted by Gasteiger charge is 2.18. The largest absolute Gasteiger partial charge is 0.497 e. The Bertz CT molecular complexity index is 1510. The first kappa shape index (κ1) is 19.3. The van der Waals surface area contributed by atoms with Crippen molar-refractivity contribution >= 4 is 28.3 Å². The molecule has 0 radical (unpaired) electrons. The fourth-order valence-electron chi connectivity index (χ4n) is 3.69. The predicted octanol–water partition coefficient (Wildman–Crippen LogP) is 4.12. The molecule has 31 heavy (non-hydrogen) atoms. The van der Waals surface area contributed by atoms with Crippen LogP contribution in [0.2, 0.25) is 5.02 Å². The molecule has 8 heteroatoms. The van der Waals surface area contributed by atoms with Crippen molar-refractivity contribution in [1.82, 2.24) is 24.1 Å². The number of fused-ring (bicyclic) bond motifs is 2. The fraction of sp³-hybridized carbons (Fsp3) is 0.130. The summed E-state index contributed by atoms with van der Waals surface area (Å²) in [5, 5.41) is 5.57. The van der Waals surface area contributed by atoms with Crippen molar-refractivity contribution in [1.29, 1.82) is 0 Å². The van der Waals surface area contributed by atoms with Gasteiger partial charge in [-0.05, 0) is 36.8 Å². The Kier molecular flexibility index (Phi) is 4.67. The van der Waals surface area contributed by atoms with E-state index in [1.54, 1.807) is 29.3 Å². The third kappa shape index (κ3) is 3.33. The van der Waals surface area contributed by atoms with Crippen molar-refractivity contribution < 1.29 is 4.74 Å². The van der Waals surface area contributed by atoms with Gasteiger partial charge in [0.05, 0.1) is 30.3 Å². The van der Waals surface area contributed by atoms with Crippen LogP contribution < -0.4 is 10.3 Å². The highest BCUT2D eigenvalue weighted by atomic mass is 35.5. The van der Waals surface area contributed by atoms with Gasteiger partial charge in [-0.2, -0.15) is 9.50 Å². The van der Waals surface area contributed by atoms with Gasteiger partial charge in [0, 0.05) is 16.8 Å². The molecule has 0 aliphatic heterocycles. The highest BCUT2D eigenvalue weighted by Crippen LogP contribution is 2.29. The molecule has 0 fully saturated rings. The van der Waals surface area contributed by atoms with Crippen LogP contribution in [-0.2, 0) is 6.54 Å². The Labute approximate surface area is 182 Å². The maximum absolute atomic E-state index is 13.6. The van der Waals surface area contributed by atoms with Crippen LogP contribution in [0.15, 0.2) is 65.6 Å². The average Bonchev–Trinajstić information content (AvgIpc) is 3.15. The van der Waals surface area contributed by atoms with Gasteiger partial charge in [-0.25, -0.2) is 4.98 Å². The molecule has 0 aliphatic rings. The quantitative estimate of drug-likeness (QED) is 0.428. The summed E-state index contributed by atoms with van der Waals surface area (Å²) in [6.07, 6.45) is 1.73. The minimum Gasteiger partial charge on any atom is -0.497 e. The van der Waals surface area contributed by atoms with E-state index in [-0.39, 0.29) is 5.56 Å². The number of pyridine rings is 1. The summed E-state index contributed by atoms with van der Waals surface area (Å²) in [7, 11) is 1.61. The molecule has 0 spiro atoms. The van der Waals surface area contributed by atoms with Crippen LogP contribution in [0.4, 0.5) is 0 Å².